The van der Waals surface area contributed by atoms with Gasteiger partial charge < -0.3 is 10.4 Å². The third-order valence-corrected chi connectivity index (χ3v) is 3.89. The van der Waals surface area contributed by atoms with Crippen LogP contribution in [0.15, 0.2) is 0 Å². The quantitative estimate of drug-likeness (QED) is 0.673. The summed E-state index contributed by atoms with van der Waals surface area (Å²) >= 11 is 0. The first-order valence-electron chi connectivity index (χ1n) is 7.51. The fourth-order valence-corrected chi connectivity index (χ4v) is 2.78. The van der Waals surface area contributed by atoms with Gasteiger partial charge in [0.15, 0.2) is 0 Å². The summed E-state index contributed by atoms with van der Waals surface area (Å²) in [7, 11) is 0. The van der Waals surface area contributed by atoms with Crippen molar-refractivity contribution in [2.24, 2.45) is 0 Å². The highest BCUT2D eigenvalue weighted by Crippen LogP contribution is 2.10. The summed E-state index contributed by atoms with van der Waals surface area (Å²) in [4.78, 5) is 5.08. The molecular formula is C14H31N3O. The van der Waals surface area contributed by atoms with E-state index in [1.54, 1.807) is 0 Å². The van der Waals surface area contributed by atoms with Gasteiger partial charge in [-0.2, -0.15) is 0 Å². The van der Waals surface area contributed by atoms with Gasteiger partial charge in [-0.25, -0.2) is 0 Å². The molecule has 0 bridgehead atoms. The molecule has 2 unspecified atom stereocenters. The number of nitrogens with one attached hydrogen (secondary N) is 1. The molecule has 0 saturated carbocycles. The van der Waals surface area contributed by atoms with E-state index in [4.69, 9.17) is 5.11 Å². The smallest absolute Gasteiger partial charge is 0.0446 e. The van der Waals surface area contributed by atoms with E-state index in [0.29, 0.717) is 12.1 Å². The van der Waals surface area contributed by atoms with Gasteiger partial charge in [-0.3, -0.25) is 9.80 Å². The molecule has 2 N–H and O–H groups in total. The monoisotopic (exact) mass is 257 g/mol. The highest BCUT2D eigenvalue weighted by molar-refractivity contribution is 4.81. The summed E-state index contributed by atoms with van der Waals surface area (Å²) in [6.07, 6.45) is 2.02. The zero-order chi connectivity index (χ0) is 13.4. The van der Waals surface area contributed by atoms with Crippen LogP contribution >= 0.6 is 0 Å². The van der Waals surface area contributed by atoms with Crippen molar-refractivity contribution in [3.63, 3.8) is 0 Å². The normalized spacial score (nSPS) is 24.3. The van der Waals surface area contributed by atoms with Gasteiger partial charge >= 0.3 is 0 Å². The van der Waals surface area contributed by atoms with Crippen molar-refractivity contribution in [1.82, 2.24) is 15.1 Å². The molecule has 4 heteroatoms. The Morgan fingerprint density at radius 2 is 2.11 bits per heavy atom. The van der Waals surface area contributed by atoms with Crippen molar-refractivity contribution in [3.05, 3.63) is 0 Å². The molecule has 0 radical (unpaired) electrons. The first kappa shape index (κ1) is 15.9. The second kappa shape index (κ2) is 8.86. The number of aliphatic hydroxyl groups excluding tert-OH is 1. The van der Waals surface area contributed by atoms with Crippen LogP contribution in [0.2, 0.25) is 0 Å². The molecule has 0 aromatic heterocycles. The molecule has 2 atom stereocenters. The summed E-state index contributed by atoms with van der Waals surface area (Å²) in [5.41, 5.74) is 0. The third-order valence-electron chi connectivity index (χ3n) is 3.89. The maximum Gasteiger partial charge on any atom is 0.0446 e. The van der Waals surface area contributed by atoms with E-state index in [2.05, 4.69) is 35.9 Å². The number of hydrogen-bond donors (Lipinski definition) is 2. The lowest BCUT2D eigenvalue weighted by molar-refractivity contribution is 0.0785. The van der Waals surface area contributed by atoms with Crippen molar-refractivity contribution < 1.29 is 5.11 Å². The Bertz CT molecular complexity index is 213. The van der Waals surface area contributed by atoms with Gasteiger partial charge in [-0.1, -0.05) is 13.8 Å². The van der Waals surface area contributed by atoms with E-state index >= 15 is 0 Å². The predicted molar refractivity (Wildman–Crippen MR) is 76.9 cm³/mol. The van der Waals surface area contributed by atoms with Crippen LogP contribution in [-0.4, -0.2) is 72.9 Å². The Labute approximate surface area is 112 Å². The summed E-state index contributed by atoms with van der Waals surface area (Å²) in [6.45, 7) is 13.8. The van der Waals surface area contributed by atoms with Crippen molar-refractivity contribution in [2.45, 2.75) is 45.7 Å². The number of rotatable bonds is 8. The second-order valence-corrected chi connectivity index (χ2v) is 5.40. The van der Waals surface area contributed by atoms with Crippen LogP contribution in [0.5, 0.6) is 0 Å². The van der Waals surface area contributed by atoms with Crippen molar-refractivity contribution in [2.75, 3.05) is 45.9 Å². The van der Waals surface area contributed by atoms with Gasteiger partial charge in [-0.05, 0) is 32.9 Å². The number of nitrogens with zero attached hydrogens (tertiary/aromatic N) is 2. The van der Waals surface area contributed by atoms with Gasteiger partial charge in [-0.15, -0.1) is 0 Å². The first-order valence-corrected chi connectivity index (χ1v) is 7.51. The van der Waals surface area contributed by atoms with Crippen molar-refractivity contribution in [1.29, 1.82) is 0 Å². The first-order chi connectivity index (χ1) is 8.71. The predicted octanol–water partition coefficient (Wildman–Crippen LogP) is 0.763. The van der Waals surface area contributed by atoms with Gasteiger partial charge in [0.05, 0.1) is 0 Å². The minimum absolute atomic E-state index is 0.284. The molecule has 0 spiro atoms. The molecule has 1 saturated heterocycles. The number of hydrogen-bond acceptors (Lipinski definition) is 4. The minimum atomic E-state index is 0.284. The number of piperazine rings is 1. The maximum absolute atomic E-state index is 9.13. The highest BCUT2D eigenvalue weighted by atomic mass is 16.3. The fraction of sp³-hybridized carbons (Fsp3) is 1.00. The van der Waals surface area contributed by atoms with Crippen LogP contribution in [0, 0.1) is 0 Å². The molecule has 108 valence electrons. The lowest BCUT2D eigenvalue weighted by Crippen LogP contribution is -2.54. The molecule has 0 aromatic rings. The highest BCUT2D eigenvalue weighted by Gasteiger charge is 2.23. The molecule has 0 amide bonds. The van der Waals surface area contributed by atoms with E-state index in [-0.39, 0.29) is 6.61 Å². The zero-order valence-corrected chi connectivity index (χ0v) is 12.4. The molecular weight excluding hydrogens is 226 g/mol. The Balaban J connectivity index is 2.35. The minimum Gasteiger partial charge on any atom is -0.396 e. The van der Waals surface area contributed by atoms with Crippen molar-refractivity contribution >= 4 is 0 Å². The average Bonchev–Trinajstić information content (AvgIpc) is 2.36. The van der Waals surface area contributed by atoms with Crippen LogP contribution in [0.25, 0.3) is 0 Å². The third kappa shape index (κ3) is 5.22. The van der Waals surface area contributed by atoms with E-state index in [0.717, 1.165) is 45.6 Å². The Morgan fingerprint density at radius 1 is 1.33 bits per heavy atom. The number of likely N-dealkylation sites (N-methyl/N-ethyl adjacent to an activating group) is 1. The Kier molecular flexibility index (Phi) is 7.82. The SMILES string of the molecule is CCCNC(CCO)CN1CCN(CC)C(C)C1. The van der Waals surface area contributed by atoms with Gasteiger partial charge in [0.25, 0.3) is 0 Å². The summed E-state index contributed by atoms with van der Waals surface area (Å²) in [5, 5.41) is 12.7. The summed E-state index contributed by atoms with van der Waals surface area (Å²) < 4.78 is 0. The molecule has 1 aliphatic heterocycles. The molecule has 18 heavy (non-hydrogen) atoms. The van der Waals surface area contributed by atoms with Crippen LogP contribution in [0.1, 0.15) is 33.6 Å². The summed E-state index contributed by atoms with van der Waals surface area (Å²) in [5.74, 6) is 0. The van der Waals surface area contributed by atoms with E-state index < -0.39 is 0 Å². The maximum atomic E-state index is 9.13. The molecule has 0 aromatic carbocycles. The van der Waals surface area contributed by atoms with Crippen LogP contribution in [0.3, 0.4) is 0 Å². The second-order valence-electron chi connectivity index (χ2n) is 5.40. The average molecular weight is 257 g/mol. The lowest BCUT2D eigenvalue weighted by Gasteiger charge is -2.40. The van der Waals surface area contributed by atoms with Crippen LogP contribution in [0.4, 0.5) is 0 Å². The van der Waals surface area contributed by atoms with Gasteiger partial charge in [0, 0.05) is 44.9 Å². The lowest BCUT2D eigenvalue weighted by atomic mass is 10.1. The standard InChI is InChI=1S/C14H31N3O/c1-4-7-15-14(6-10-18)12-16-8-9-17(5-2)13(3)11-16/h13-15,18H,4-12H2,1-3H3. The molecule has 0 aliphatic carbocycles. The van der Waals surface area contributed by atoms with Gasteiger partial charge in [0.2, 0.25) is 0 Å². The largest absolute Gasteiger partial charge is 0.396 e. The molecule has 1 fully saturated rings. The van der Waals surface area contributed by atoms with Crippen molar-refractivity contribution in [3.8, 4) is 0 Å². The molecule has 4 nitrogen and oxygen atoms in total. The van der Waals surface area contributed by atoms with E-state index in [1.165, 1.54) is 6.54 Å². The zero-order valence-electron chi connectivity index (χ0n) is 12.4. The molecule has 1 aliphatic rings. The topological polar surface area (TPSA) is 38.7 Å². The Morgan fingerprint density at radius 3 is 2.67 bits per heavy atom. The Hall–Kier alpha value is -0.160. The number of aliphatic hydroxyl groups is 1. The van der Waals surface area contributed by atoms with E-state index in [1.807, 2.05) is 0 Å². The molecule has 1 heterocycles. The van der Waals surface area contributed by atoms with E-state index in [9.17, 15) is 0 Å². The summed E-state index contributed by atoms with van der Waals surface area (Å²) in [6, 6.07) is 1.10. The molecule has 1 rings (SSSR count). The van der Waals surface area contributed by atoms with Crippen LogP contribution in [-0.2, 0) is 0 Å². The van der Waals surface area contributed by atoms with Crippen LogP contribution < -0.4 is 5.32 Å². The van der Waals surface area contributed by atoms with Gasteiger partial charge in [0.1, 0.15) is 0 Å². The fourth-order valence-electron chi connectivity index (χ4n) is 2.78.